The monoisotopic (exact) mass is 317 g/mol. The van der Waals surface area contributed by atoms with Crippen molar-refractivity contribution in [2.45, 2.75) is 57.1 Å². The van der Waals surface area contributed by atoms with Crippen molar-refractivity contribution in [2.24, 2.45) is 0 Å². The third-order valence-corrected chi connectivity index (χ3v) is 4.79. The number of carbonyl (C=O) groups excluding carboxylic acids is 1. The molecular weight excluding hydrogens is 290 g/mol. The highest BCUT2D eigenvalue weighted by Crippen LogP contribution is 2.55. The van der Waals surface area contributed by atoms with Gasteiger partial charge in [-0.05, 0) is 51.7 Å². The SMILES string of the molecule is CN(C)c1ccncc1C1CN(C(=O)OC(C)(C)C)C2(CC2)C1. The number of hydrogen-bond donors (Lipinski definition) is 0. The number of aromatic nitrogens is 1. The van der Waals surface area contributed by atoms with Gasteiger partial charge in [0.2, 0.25) is 0 Å². The quantitative estimate of drug-likeness (QED) is 0.838. The zero-order chi connectivity index (χ0) is 16.8. The maximum absolute atomic E-state index is 12.6. The third kappa shape index (κ3) is 3.14. The van der Waals surface area contributed by atoms with Gasteiger partial charge in [0, 0.05) is 50.2 Å². The van der Waals surface area contributed by atoms with Gasteiger partial charge in [0.1, 0.15) is 5.60 Å². The van der Waals surface area contributed by atoms with Gasteiger partial charge in [-0.1, -0.05) is 0 Å². The van der Waals surface area contributed by atoms with Gasteiger partial charge in [0.25, 0.3) is 0 Å². The van der Waals surface area contributed by atoms with Gasteiger partial charge in [-0.3, -0.25) is 4.98 Å². The van der Waals surface area contributed by atoms with Gasteiger partial charge >= 0.3 is 6.09 Å². The van der Waals surface area contributed by atoms with Crippen molar-refractivity contribution in [3.8, 4) is 0 Å². The lowest BCUT2D eigenvalue weighted by Crippen LogP contribution is -2.41. The topological polar surface area (TPSA) is 45.7 Å². The van der Waals surface area contributed by atoms with Crippen LogP contribution in [0.15, 0.2) is 18.5 Å². The van der Waals surface area contributed by atoms with E-state index < -0.39 is 5.60 Å². The first-order valence-corrected chi connectivity index (χ1v) is 8.34. The maximum atomic E-state index is 12.6. The van der Waals surface area contributed by atoms with Crippen LogP contribution < -0.4 is 4.90 Å². The molecule has 3 rings (SSSR count). The fraction of sp³-hybridized carbons (Fsp3) is 0.667. The van der Waals surface area contributed by atoms with Crippen LogP contribution in [0.5, 0.6) is 0 Å². The van der Waals surface area contributed by atoms with Crippen molar-refractivity contribution in [1.29, 1.82) is 0 Å². The smallest absolute Gasteiger partial charge is 0.410 e. The van der Waals surface area contributed by atoms with Crippen molar-refractivity contribution in [3.63, 3.8) is 0 Å². The summed E-state index contributed by atoms with van der Waals surface area (Å²) in [6.45, 7) is 6.48. The molecule has 2 fully saturated rings. The Bertz CT molecular complexity index is 603. The van der Waals surface area contributed by atoms with Crippen LogP contribution in [-0.4, -0.2) is 47.8 Å². The Morgan fingerprint density at radius 1 is 1.39 bits per heavy atom. The molecule has 23 heavy (non-hydrogen) atoms. The van der Waals surface area contributed by atoms with E-state index in [1.807, 2.05) is 58.2 Å². The van der Waals surface area contributed by atoms with Crippen LogP contribution in [0.4, 0.5) is 10.5 Å². The fourth-order valence-electron chi connectivity index (χ4n) is 3.58. The van der Waals surface area contributed by atoms with Crippen LogP contribution in [0.1, 0.15) is 51.5 Å². The number of anilines is 1. The molecule has 1 atom stereocenters. The fourth-order valence-corrected chi connectivity index (χ4v) is 3.58. The number of likely N-dealkylation sites (tertiary alicyclic amines) is 1. The molecule has 5 heteroatoms. The van der Waals surface area contributed by atoms with E-state index >= 15 is 0 Å². The molecular formula is C18H27N3O2. The molecule has 2 heterocycles. The van der Waals surface area contributed by atoms with Gasteiger partial charge in [-0.15, -0.1) is 0 Å². The second-order valence-electron chi connectivity index (χ2n) is 8.05. The molecule has 5 nitrogen and oxygen atoms in total. The number of pyridine rings is 1. The summed E-state index contributed by atoms with van der Waals surface area (Å²) in [6, 6.07) is 2.05. The minimum absolute atomic E-state index is 0.0203. The predicted octanol–water partition coefficient (Wildman–Crippen LogP) is 3.40. The van der Waals surface area contributed by atoms with Gasteiger partial charge in [-0.2, -0.15) is 0 Å². The lowest BCUT2D eigenvalue weighted by molar-refractivity contribution is 0.0202. The van der Waals surface area contributed by atoms with Crippen molar-refractivity contribution in [2.75, 3.05) is 25.5 Å². The summed E-state index contributed by atoms with van der Waals surface area (Å²) in [5.74, 6) is 0.330. The van der Waals surface area contributed by atoms with Crippen LogP contribution in [0, 0.1) is 0 Å². The summed E-state index contributed by atoms with van der Waals surface area (Å²) < 4.78 is 5.62. The maximum Gasteiger partial charge on any atom is 0.410 e. The second-order valence-corrected chi connectivity index (χ2v) is 8.05. The van der Waals surface area contributed by atoms with Crippen molar-refractivity contribution in [1.82, 2.24) is 9.88 Å². The second kappa shape index (κ2) is 5.39. The molecule has 1 aromatic heterocycles. The summed E-state index contributed by atoms with van der Waals surface area (Å²) in [7, 11) is 4.10. The first-order chi connectivity index (χ1) is 10.7. The van der Waals surface area contributed by atoms with E-state index in [1.165, 1.54) is 11.3 Å². The van der Waals surface area contributed by atoms with E-state index in [1.54, 1.807) is 0 Å². The van der Waals surface area contributed by atoms with E-state index in [0.29, 0.717) is 5.92 Å². The summed E-state index contributed by atoms with van der Waals surface area (Å²) in [4.78, 5) is 21.0. The molecule has 0 N–H and O–H groups in total. The first kappa shape index (κ1) is 16.1. The number of amides is 1. The summed E-state index contributed by atoms with van der Waals surface area (Å²) in [5.41, 5.74) is 1.99. The molecule has 1 aliphatic carbocycles. The Labute approximate surface area is 138 Å². The summed E-state index contributed by atoms with van der Waals surface area (Å²) >= 11 is 0. The lowest BCUT2D eigenvalue weighted by atomic mass is 9.95. The van der Waals surface area contributed by atoms with Gasteiger partial charge < -0.3 is 14.5 Å². The largest absolute Gasteiger partial charge is 0.444 e. The van der Waals surface area contributed by atoms with Crippen molar-refractivity contribution < 1.29 is 9.53 Å². The molecule has 0 bridgehead atoms. The zero-order valence-corrected chi connectivity index (χ0v) is 14.8. The zero-order valence-electron chi connectivity index (χ0n) is 14.8. The summed E-state index contributed by atoms with van der Waals surface area (Å²) in [5, 5.41) is 0. The van der Waals surface area contributed by atoms with Crippen molar-refractivity contribution in [3.05, 3.63) is 24.0 Å². The molecule has 1 aliphatic heterocycles. The number of carbonyl (C=O) groups is 1. The molecule has 1 spiro atoms. The van der Waals surface area contributed by atoms with Crippen LogP contribution in [0.25, 0.3) is 0 Å². The number of hydrogen-bond acceptors (Lipinski definition) is 4. The Hall–Kier alpha value is -1.78. The predicted molar refractivity (Wildman–Crippen MR) is 90.8 cm³/mol. The van der Waals surface area contributed by atoms with Crippen LogP contribution in [-0.2, 0) is 4.74 Å². The minimum atomic E-state index is -0.450. The molecule has 1 saturated heterocycles. The lowest BCUT2D eigenvalue weighted by Gasteiger charge is -2.28. The van der Waals surface area contributed by atoms with Gasteiger partial charge in [0.15, 0.2) is 0 Å². The highest BCUT2D eigenvalue weighted by molar-refractivity contribution is 5.71. The number of rotatable bonds is 2. The van der Waals surface area contributed by atoms with Crippen molar-refractivity contribution >= 4 is 11.8 Å². The average Bonchev–Trinajstić information content (AvgIpc) is 3.09. The molecule has 0 aromatic carbocycles. The van der Waals surface area contributed by atoms with Gasteiger partial charge in [0.05, 0.1) is 0 Å². The highest BCUT2D eigenvalue weighted by atomic mass is 16.6. The molecule has 1 aromatic rings. The number of nitrogens with zero attached hydrogens (tertiary/aromatic N) is 3. The van der Waals surface area contributed by atoms with E-state index in [2.05, 4.69) is 9.88 Å². The highest BCUT2D eigenvalue weighted by Gasteiger charge is 2.57. The Kier molecular flexibility index (Phi) is 3.77. The minimum Gasteiger partial charge on any atom is -0.444 e. The molecule has 1 saturated carbocycles. The third-order valence-electron chi connectivity index (χ3n) is 4.79. The molecule has 1 amide bonds. The molecule has 126 valence electrons. The van der Waals surface area contributed by atoms with Gasteiger partial charge in [-0.25, -0.2) is 4.79 Å². The Morgan fingerprint density at radius 2 is 2.09 bits per heavy atom. The van der Waals surface area contributed by atoms with E-state index in [-0.39, 0.29) is 11.6 Å². The average molecular weight is 317 g/mol. The van der Waals surface area contributed by atoms with E-state index in [0.717, 1.165) is 25.8 Å². The van der Waals surface area contributed by atoms with Crippen LogP contribution >= 0.6 is 0 Å². The van der Waals surface area contributed by atoms with Crippen LogP contribution in [0.3, 0.4) is 0 Å². The molecule has 2 aliphatic rings. The van der Waals surface area contributed by atoms with E-state index in [4.69, 9.17) is 4.74 Å². The Balaban J connectivity index is 1.82. The standard InChI is InChI=1S/C18H27N3O2/c1-17(2,3)23-16(22)21-12-13(10-18(21)7-8-18)14-11-19-9-6-15(14)20(4)5/h6,9,11,13H,7-8,10,12H2,1-5H3. The normalized spacial score (nSPS) is 22.3. The number of ether oxygens (including phenoxy) is 1. The first-order valence-electron chi connectivity index (χ1n) is 8.34. The summed E-state index contributed by atoms with van der Waals surface area (Å²) in [6.07, 6.45) is 6.79. The molecule has 0 radical (unpaired) electrons. The Morgan fingerprint density at radius 3 is 2.65 bits per heavy atom. The van der Waals surface area contributed by atoms with Crippen LogP contribution in [0.2, 0.25) is 0 Å². The molecule has 1 unspecified atom stereocenters. The van der Waals surface area contributed by atoms with E-state index in [9.17, 15) is 4.79 Å².